The minimum Gasteiger partial charge on any atom is -0.317 e. The fourth-order valence-corrected chi connectivity index (χ4v) is 2.34. The summed E-state index contributed by atoms with van der Waals surface area (Å²) in [7, 11) is 0. The van der Waals surface area contributed by atoms with Gasteiger partial charge in [0.25, 0.3) is 0 Å². The minimum atomic E-state index is -4.00. The zero-order valence-electron chi connectivity index (χ0n) is 10.7. The number of nitrogens with zero attached hydrogens (tertiary/aromatic N) is 1. The molecule has 0 aromatic rings. The van der Waals surface area contributed by atoms with E-state index < -0.39 is 12.1 Å². The van der Waals surface area contributed by atoms with Crippen LogP contribution in [0.5, 0.6) is 0 Å². The van der Waals surface area contributed by atoms with Gasteiger partial charge in [-0.25, -0.2) is 0 Å². The summed E-state index contributed by atoms with van der Waals surface area (Å²) in [4.78, 5) is 2.16. The van der Waals surface area contributed by atoms with E-state index in [-0.39, 0.29) is 12.8 Å². The molecule has 1 saturated heterocycles. The average Bonchev–Trinajstić information content (AvgIpc) is 2.26. The molecule has 17 heavy (non-hydrogen) atoms. The first-order chi connectivity index (χ1) is 7.93. The van der Waals surface area contributed by atoms with E-state index in [1.807, 2.05) is 0 Å². The highest BCUT2D eigenvalue weighted by atomic mass is 19.4. The number of rotatable bonds is 5. The van der Waals surface area contributed by atoms with Crippen LogP contribution < -0.4 is 5.32 Å². The summed E-state index contributed by atoms with van der Waals surface area (Å²) in [6.07, 6.45) is -3.48. The fourth-order valence-electron chi connectivity index (χ4n) is 2.34. The van der Waals surface area contributed by atoms with Crippen molar-refractivity contribution in [2.24, 2.45) is 11.8 Å². The van der Waals surface area contributed by atoms with E-state index in [1.54, 1.807) is 0 Å². The summed E-state index contributed by atoms with van der Waals surface area (Å²) in [5, 5.41) is 3.26. The normalized spacial score (nSPS) is 21.7. The van der Waals surface area contributed by atoms with Gasteiger partial charge in [-0.2, -0.15) is 13.2 Å². The Balaban J connectivity index is 2.23. The van der Waals surface area contributed by atoms with Crippen molar-refractivity contribution < 1.29 is 13.2 Å². The highest BCUT2D eigenvalue weighted by molar-refractivity contribution is 4.78. The standard InChI is InChI=1S/C12H23F3N2/c1-3-16-8-10(2)9-17-6-4-11(5-7-17)12(13,14)15/h10-11,16H,3-9H2,1-2H3. The third-order valence-electron chi connectivity index (χ3n) is 3.36. The molecule has 0 aliphatic carbocycles. The van der Waals surface area contributed by atoms with Gasteiger partial charge in [0.05, 0.1) is 5.92 Å². The quantitative estimate of drug-likeness (QED) is 0.808. The molecule has 0 spiro atoms. The molecular formula is C12H23F3N2. The Labute approximate surface area is 102 Å². The van der Waals surface area contributed by atoms with Crippen molar-refractivity contribution in [2.45, 2.75) is 32.9 Å². The number of halogens is 3. The number of hydrogen-bond donors (Lipinski definition) is 1. The lowest BCUT2D eigenvalue weighted by molar-refractivity contribution is -0.185. The third kappa shape index (κ3) is 5.25. The molecule has 0 aromatic heterocycles. The number of hydrogen-bond acceptors (Lipinski definition) is 2. The van der Waals surface area contributed by atoms with Gasteiger partial charge in [0.2, 0.25) is 0 Å². The van der Waals surface area contributed by atoms with E-state index in [1.165, 1.54) is 0 Å². The molecule has 1 aliphatic heterocycles. The van der Waals surface area contributed by atoms with Crippen molar-refractivity contribution in [1.29, 1.82) is 0 Å². The maximum Gasteiger partial charge on any atom is 0.391 e. The molecule has 102 valence electrons. The lowest BCUT2D eigenvalue weighted by Crippen LogP contribution is -2.42. The largest absolute Gasteiger partial charge is 0.391 e. The summed E-state index contributed by atoms with van der Waals surface area (Å²) in [5.41, 5.74) is 0. The van der Waals surface area contributed by atoms with E-state index in [9.17, 15) is 13.2 Å². The van der Waals surface area contributed by atoms with Gasteiger partial charge in [-0.1, -0.05) is 13.8 Å². The first-order valence-corrected chi connectivity index (χ1v) is 6.43. The summed E-state index contributed by atoms with van der Waals surface area (Å²) < 4.78 is 37.4. The Kier molecular flexibility index (Phi) is 5.73. The Bertz CT molecular complexity index is 210. The van der Waals surface area contributed by atoms with Gasteiger partial charge < -0.3 is 10.2 Å². The molecule has 1 N–H and O–H groups in total. The van der Waals surface area contributed by atoms with Crippen LogP contribution in [0.25, 0.3) is 0 Å². The summed E-state index contributed by atoms with van der Waals surface area (Å²) in [6.45, 7) is 8.15. The van der Waals surface area contributed by atoms with Crippen molar-refractivity contribution in [3.8, 4) is 0 Å². The highest BCUT2D eigenvalue weighted by Crippen LogP contribution is 2.34. The second kappa shape index (κ2) is 6.59. The molecule has 1 rings (SSSR count). The van der Waals surface area contributed by atoms with E-state index in [2.05, 4.69) is 24.1 Å². The molecule has 1 atom stereocenters. The van der Waals surface area contributed by atoms with Gasteiger partial charge in [0, 0.05) is 6.54 Å². The third-order valence-corrected chi connectivity index (χ3v) is 3.36. The molecule has 2 nitrogen and oxygen atoms in total. The SMILES string of the molecule is CCNCC(C)CN1CCC(C(F)(F)F)CC1. The van der Waals surface area contributed by atoms with Crippen molar-refractivity contribution in [3.05, 3.63) is 0 Å². The molecular weight excluding hydrogens is 229 g/mol. The van der Waals surface area contributed by atoms with Gasteiger partial charge in [-0.3, -0.25) is 0 Å². The first-order valence-electron chi connectivity index (χ1n) is 6.43. The lowest BCUT2D eigenvalue weighted by atomic mass is 9.95. The van der Waals surface area contributed by atoms with Crippen LogP contribution in [0.3, 0.4) is 0 Å². The molecule has 1 heterocycles. The van der Waals surface area contributed by atoms with Crippen LogP contribution in [0, 0.1) is 11.8 Å². The topological polar surface area (TPSA) is 15.3 Å². The van der Waals surface area contributed by atoms with Crippen LogP contribution in [-0.2, 0) is 0 Å². The van der Waals surface area contributed by atoms with Crippen LogP contribution in [0.4, 0.5) is 13.2 Å². The molecule has 0 aromatic carbocycles. The van der Waals surface area contributed by atoms with Crippen molar-refractivity contribution in [1.82, 2.24) is 10.2 Å². The highest BCUT2D eigenvalue weighted by Gasteiger charge is 2.40. The molecule has 1 unspecified atom stereocenters. The van der Waals surface area contributed by atoms with Gasteiger partial charge in [-0.05, 0) is 44.9 Å². The van der Waals surface area contributed by atoms with E-state index in [4.69, 9.17) is 0 Å². The molecule has 1 fully saturated rings. The van der Waals surface area contributed by atoms with Crippen LogP contribution in [-0.4, -0.2) is 43.8 Å². The van der Waals surface area contributed by atoms with Crippen LogP contribution >= 0.6 is 0 Å². The van der Waals surface area contributed by atoms with Gasteiger partial charge in [0.1, 0.15) is 0 Å². The number of alkyl halides is 3. The Hall–Kier alpha value is -0.290. The minimum absolute atomic E-state index is 0.261. The Morgan fingerprint density at radius 1 is 1.29 bits per heavy atom. The van der Waals surface area contributed by atoms with Crippen molar-refractivity contribution in [2.75, 3.05) is 32.7 Å². The molecule has 0 saturated carbocycles. The summed E-state index contributed by atoms with van der Waals surface area (Å²) in [5.74, 6) is -0.583. The summed E-state index contributed by atoms with van der Waals surface area (Å²) >= 11 is 0. The molecule has 0 radical (unpaired) electrons. The smallest absolute Gasteiger partial charge is 0.317 e. The molecule has 5 heteroatoms. The maximum atomic E-state index is 12.5. The predicted molar refractivity (Wildman–Crippen MR) is 62.9 cm³/mol. The second-order valence-corrected chi connectivity index (χ2v) is 5.03. The van der Waals surface area contributed by atoms with E-state index in [0.717, 1.165) is 19.6 Å². The van der Waals surface area contributed by atoms with Crippen LogP contribution in [0.2, 0.25) is 0 Å². The van der Waals surface area contributed by atoms with Gasteiger partial charge >= 0.3 is 6.18 Å². The first kappa shape index (κ1) is 14.8. The van der Waals surface area contributed by atoms with Crippen molar-refractivity contribution >= 4 is 0 Å². The Morgan fingerprint density at radius 2 is 1.88 bits per heavy atom. The molecule has 0 amide bonds. The van der Waals surface area contributed by atoms with E-state index >= 15 is 0 Å². The molecule has 1 aliphatic rings. The predicted octanol–water partition coefficient (Wildman–Crippen LogP) is 2.51. The lowest BCUT2D eigenvalue weighted by Gasteiger charge is -2.34. The van der Waals surface area contributed by atoms with Gasteiger partial charge in [0.15, 0.2) is 0 Å². The zero-order chi connectivity index (χ0) is 12.9. The molecule has 0 bridgehead atoms. The number of nitrogens with one attached hydrogen (secondary N) is 1. The van der Waals surface area contributed by atoms with Gasteiger partial charge in [-0.15, -0.1) is 0 Å². The number of likely N-dealkylation sites (tertiary alicyclic amines) is 1. The second-order valence-electron chi connectivity index (χ2n) is 5.03. The van der Waals surface area contributed by atoms with Crippen LogP contribution in [0.1, 0.15) is 26.7 Å². The monoisotopic (exact) mass is 252 g/mol. The van der Waals surface area contributed by atoms with E-state index in [0.29, 0.717) is 19.0 Å². The maximum absolute atomic E-state index is 12.5. The van der Waals surface area contributed by atoms with Crippen molar-refractivity contribution in [3.63, 3.8) is 0 Å². The number of piperidine rings is 1. The summed E-state index contributed by atoms with van der Waals surface area (Å²) in [6, 6.07) is 0. The fraction of sp³-hybridized carbons (Fsp3) is 1.00. The van der Waals surface area contributed by atoms with Crippen LogP contribution in [0.15, 0.2) is 0 Å². The zero-order valence-corrected chi connectivity index (χ0v) is 10.7. The Morgan fingerprint density at radius 3 is 2.35 bits per heavy atom. The average molecular weight is 252 g/mol.